The van der Waals surface area contributed by atoms with Gasteiger partial charge < -0.3 is 30.1 Å². The van der Waals surface area contributed by atoms with Crippen LogP contribution in [0.3, 0.4) is 0 Å². The number of fused-ring (bicyclic) bond motifs is 1. The number of anilines is 2. The van der Waals surface area contributed by atoms with Crippen molar-refractivity contribution in [3.8, 4) is 0 Å². The Bertz CT molecular complexity index is 1150. The molecule has 0 bridgehead atoms. The number of imidazole rings is 1. The summed E-state index contributed by atoms with van der Waals surface area (Å²) in [5.41, 5.74) is 2.11. The summed E-state index contributed by atoms with van der Waals surface area (Å²) < 4.78 is 1.74. The van der Waals surface area contributed by atoms with Gasteiger partial charge in [-0.15, -0.1) is 0 Å². The van der Waals surface area contributed by atoms with Gasteiger partial charge in [0.2, 0.25) is 0 Å². The third-order valence-corrected chi connectivity index (χ3v) is 6.68. The van der Waals surface area contributed by atoms with Gasteiger partial charge >= 0.3 is 0 Å². The van der Waals surface area contributed by atoms with Crippen LogP contribution in [-0.2, 0) is 0 Å². The largest absolute Gasteiger partial charge is 0.396 e. The van der Waals surface area contributed by atoms with Crippen molar-refractivity contribution in [2.75, 3.05) is 29.9 Å². The molecule has 0 unspecified atom stereocenters. The smallest absolute Gasteiger partial charge is 0.269 e. The number of nitrogens with zero attached hydrogens (tertiary/aromatic N) is 6. The van der Waals surface area contributed by atoms with E-state index in [0.29, 0.717) is 29.9 Å². The predicted octanol–water partition coefficient (Wildman–Crippen LogP) is 0.700. The number of hydrogen-bond donors (Lipinski definition) is 4. The van der Waals surface area contributed by atoms with Crippen LogP contribution in [0, 0.1) is 16.0 Å². The van der Waals surface area contributed by atoms with Crippen LogP contribution in [0.2, 0.25) is 0 Å². The van der Waals surface area contributed by atoms with Crippen molar-refractivity contribution < 1.29 is 20.2 Å². The fraction of sp³-hybridized carbons (Fsp3) is 0.476. The molecular formula is C21H25N7O5. The Morgan fingerprint density at radius 2 is 1.94 bits per heavy atom. The van der Waals surface area contributed by atoms with E-state index in [9.17, 15) is 25.4 Å². The van der Waals surface area contributed by atoms with E-state index < -0.39 is 29.1 Å². The second kappa shape index (κ2) is 8.54. The first-order valence-electron chi connectivity index (χ1n) is 10.9. The van der Waals surface area contributed by atoms with Crippen molar-refractivity contribution >= 4 is 28.4 Å². The fourth-order valence-electron chi connectivity index (χ4n) is 4.85. The van der Waals surface area contributed by atoms with Crippen molar-refractivity contribution in [1.29, 1.82) is 0 Å². The third kappa shape index (κ3) is 3.86. The molecular weight excluding hydrogens is 430 g/mol. The molecule has 4 N–H and O–H groups in total. The summed E-state index contributed by atoms with van der Waals surface area (Å²) >= 11 is 0. The average Bonchev–Trinajstić information content (AvgIpc) is 3.53. The Kier molecular flexibility index (Phi) is 5.56. The lowest BCUT2D eigenvalue weighted by atomic mass is 10.1. The summed E-state index contributed by atoms with van der Waals surface area (Å²) in [5, 5.41) is 44.4. The van der Waals surface area contributed by atoms with Gasteiger partial charge in [-0.1, -0.05) is 0 Å². The van der Waals surface area contributed by atoms with Crippen LogP contribution in [0.15, 0.2) is 36.9 Å². The summed E-state index contributed by atoms with van der Waals surface area (Å²) in [6.07, 6.45) is 2.28. The van der Waals surface area contributed by atoms with Crippen LogP contribution in [0.1, 0.15) is 18.9 Å². The Hall–Kier alpha value is -3.35. The minimum Gasteiger partial charge on any atom is -0.396 e. The Morgan fingerprint density at radius 1 is 1.15 bits per heavy atom. The molecule has 1 aromatic carbocycles. The standard InChI is InChI=1S/C21H25N7O5/c29-9-12-7-16(19(31)18(12)30)27-11-24-17-20(22-10-23-21(17)27)25-13-5-6-26(8-13)14-1-3-15(4-2-14)28(32)33/h1-4,10-13,16,18-19,29-31H,5-9H2,(H,22,23,25)/t12-,13+,16-,18-,19+/m1/s1. The van der Waals surface area contributed by atoms with Gasteiger partial charge in [0.05, 0.1) is 23.4 Å². The van der Waals surface area contributed by atoms with E-state index in [1.54, 1.807) is 23.0 Å². The number of aliphatic hydroxyl groups is 3. The Morgan fingerprint density at radius 3 is 2.64 bits per heavy atom. The first kappa shape index (κ1) is 21.5. The quantitative estimate of drug-likeness (QED) is 0.307. The van der Waals surface area contributed by atoms with Gasteiger partial charge in [0.1, 0.15) is 17.9 Å². The minimum atomic E-state index is -1.02. The minimum absolute atomic E-state index is 0.0665. The molecule has 0 amide bonds. The highest BCUT2D eigenvalue weighted by atomic mass is 16.6. The topological polar surface area (TPSA) is 163 Å². The van der Waals surface area contributed by atoms with E-state index >= 15 is 0 Å². The van der Waals surface area contributed by atoms with Crippen molar-refractivity contribution in [2.45, 2.75) is 37.1 Å². The number of non-ortho nitro benzene ring substituents is 1. The molecule has 1 aliphatic carbocycles. The Balaban J connectivity index is 1.32. The van der Waals surface area contributed by atoms with Crippen LogP contribution in [0.4, 0.5) is 17.2 Å². The molecule has 3 heterocycles. The first-order chi connectivity index (χ1) is 16.0. The van der Waals surface area contributed by atoms with E-state index in [1.165, 1.54) is 18.5 Å². The lowest BCUT2D eigenvalue weighted by Crippen LogP contribution is -2.30. The van der Waals surface area contributed by atoms with E-state index in [-0.39, 0.29) is 18.3 Å². The molecule has 33 heavy (non-hydrogen) atoms. The van der Waals surface area contributed by atoms with Crippen LogP contribution < -0.4 is 10.2 Å². The summed E-state index contributed by atoms with van der Waals surface area (Å²) in [7, 11) is 0. The molecule has 12 heteroatoms. The molecule has 2 aromatic heterocycles. The SMILES string of the molecule is O=[N+]([O-])c1ccc(N2CC[C@H](Nc3ncnc4c3ncn4[C@@H]3C[C@H](CO)[C@@H](O)[C@H]3O)C2)cc1. The van der Waals surface area contributed by atoms with E-state index in [0.717, 1.165) is 18.7 Å². The number of nitrogens with one attached hydrogen (secondary N) is 1. The highest BCUT2D eigenvalue weighted by Crippen LogP contribution is 2.37. The fourth-order valence-corrected chi connectivity index (χ4v) is 4.85. The zero-order chi connectivity index (χ0) is 23.1. The van der Waals surface area contributed by atoms with Crippen molar-refractivity contribution in [1.82, 2.24) is 19.5 Å². The molecule has 5 rings (SSSR count). The van der Waals surface area contributed by atoms with Gasteiger partial charge in [0.15, 0.2) is 11.5 Å². The number of hydrogen-bond acceptors (Lipinski definition) is 10. The van der Waals surface area contributed by atoms with Crippen LogP contribution >= 0.6 is 0 Å². The number of rotatable bonds is 6. The summed E-state index contributed by atoms with van der Waals surface area (Å²) in [6, 6.07) is 6.19. The molecule has 0 radical (unpaired) electrons. The van der Waals surface area contributed by atoms with Crippen molar-refractivity contribution in [3.63, 3.8) is 0 Å². The predicted molar refractivity (Wildman–Crippen MR) is 119 cm³/mol. The average molecular weight is 455 g/mol. The van der Waals surface area contributed by atoms with Gasteiger partial charge in [0.25, 0.3) is 5.69 Å². The molecule has 5 atom stereocenters. The maximum Gasteiger partial charge on any atom is 0.269 e. The van der Waals surface area contributed by atoms with Gasteiger partial charge in [-0.2, -0.15) is 0 Å². The monoisotopic (exact) mass is 455 g/mol. The lowest BCUT2D eigenvalue weighted by molar-refractivity contribution is -0.384. The van der Waals surface area contributed by atoms with Gasteiger partial charge in [-0.3, -0.25) is 10.1 Å². The summed E-state index contributed by atoms with van der Waals surface area (Å²) in [4.78, 5) is 25.8. The zero-order valence-corrected chi connectivity index (χ0v) is 17.7. The molecule has 3 aromatic rings. The molecule has 1 saturated carbocycles. The van der Waals surface area contributed by atoms with E-state index in [2.05, 4.69) is 25.2 Å². The first-order valence-corrected chi connectivity index (χ1v) is 10.9. The van der Waals surface area contributed by atoms with Crippen LogP contribution in [-0.4, -0.2) is 77.7 Å². The van der Waals surface area contributed by atoms with E-state index in [1.807, 2.05) is 0 Å². The molecule has 12 nitrogen and oxygen atoms in total. The zero-order valence-electron chi connectivity index (χ0n) is 17.7. The highest BCUT2D eigenvalue weighted by Gasteiger charge is 2.42. The maximum atomic E-state index is 10.9. The van der Waals surface area contributed by atoms with Crippen molar-refractivity contribution in [3.05, 3.63) is 47.0 Å². The molecule has 2 fully saturated rings. The number of nitro benzene ring substituents is 1. The normalized spacial score (nSPS) is 27.4. The third-order valence-electron chi connectivity index (χ3n) is 6.68. The highest BCUT2D eigenvalue weighted by molar-refractivity contribution is 5.83. The van der Waals surface area contributed by atoms with Crippen LogP contribution in [0.5, 0.6) is 0 Å². The number of aliphatic hydroxyl groups excluding tert-OH is 3. The molecule has 174 valence electrons. The summed E-state index contributed by atoms with van der Waals surface area (Å²) in [6.45, 7) is 1.30. The van der Waals surface area contributed by atoms with Gasteiger partial charge in [-0.05, 0) is 25.0 Å². The molecule has 0 spiro atoms. The van der Waals surface area contributed by atoms with Gasteiger partial charge in [0, 0.05) is 49.5 Å². The second-order valence-electron chi connectivity index (χ2n) is 8.62. The molecule has 1 aliphatic heterocycles. The van der Waals surface area contributed by atoms with Crippen LogP contribution in [0.25, 0.3) is 11.2 Å². The number of aromatic nitrogens is 4. The number of nitro groups is 1. The molecule has 1 saturated heterocycles. The lowest BCUT2D eigenvalue weighted by Gasteiger charge is -2.19. The van der Waals surface area contributed by atoms with Crippen molar-refractivity contribution in [2.24, 2.45) is 5.92 Å². The van der Waals surface area contributed by atoms with Gasteiger partial charge in [-0.25, -0.2) is 15.0 Å². The summed E-state index contributed by atoms with van der Waals surface area (Å²) in [5.74, 6) is 0.187. The Labute approximate surface area is 188 Å². The van der Waals surface area contributed by atoms with E-state index in [4.69, 9.17) is 0 Å². The maximum absolute atomic E-state index is 10.9. The second-order valence-corrected chi connectivity index (χ2v) is 8.62. The number of benzene rings is 1. The molecule has 2 aliphatic rings.